The van der Waals surface area contributed by atoms with Gasteiger partial charge >= 0.3 is 0 Å². The van der Waals surface area contributed by atoms with Gasteiger partial charge in [0.05, 0.1) is 16.5 Å². The lowest BCUT2D eigenvalue weighted by Crippen LogP contribution is -2.22. The molecule has 0 bridgehead atoms. The second-order valence-electron chi connectivity index (χ2n) is 5.22. The van der Waals surface area contributed by atoms with E-state index in [1.54, 1.807) is 36.9 Å². The highest BCUT2D eigenvalue weighted by Gasteiger charge is 2.20. The van der Waals surface area contributed by atoms with E-state index < -0.39 is 11.1 Å². The number of nitrogens with one attached hydrogen (secondary N) is 1. The molecule has 0 spiro atoms. The average Bonchev–Trinajstić information content (AvgIpc) is 3.21. The first-order chi connectivity index (χ1) is 12.0. The Bertz CT molecular complexity index is 898. The van der Waals surface area contributed by atoms with Gasteiger partial charge in [-0.2, -0.15) is 0 Å². The number of nitrogens with zero attached hydrogens (tertiary/aromatic N) is 3. The molecule has 0 radical (unpaired) electrons. The Labute approximate surface area is 152 Å². The molecular formula is C16H14ClFN4O2S. The van der Waals surface area contributed by atoms with Crippen LogP contribution in [0, 0.1) is 5.82 Å². The summed E-state index contributed by atoms with van der Waals surface area (Å²) >= 11 is 6.97. The molecule has 2 aromatic heterocycles. The number of carbonyl (C=O) groups excluding carboxylic acids is 1. The van der Waals surface area contributed by atoms with E-state index in [1.807, 2.05) is 0 Å². The van der Waals surface area contributed by atoms with Gasteiger partial charge in [-0.05, 0) is 37.3 Å². The van der Waals surface area contributed by atoms with Crippen molar-refractivity contribution in [2.24, 2.45) is 7.05 Å². The van der Waals surface area contributed by atoms with E-state index in [2.05, 4.69) is 15.5 Å². The summed E-state index contributed by atoms with van der Waals surface area (Å²) in [6.07, 6.45) is 1.56. The van der Waals surface area contributed by atoms with Gasteiger partial charge in [0.15, 0.2) is 16.7 Å². The van der Waals surface area contributed by atoms with Gasteiger partial charge in [-0.1, -0.05) is 23.4 Å². The number of thioether (sulfide) groups is 1. The molecule has 0 fully saturated rings. The average molecular weight is 381 g/mol. The highest BCUT2D eigenvalue weighted by atomic mass is 35.5. The van der Waals surface area contributed by atoms with Crippen molar-refractivity contribution in [3.63, 3.8) is 0 Å². The zero-order valence-electron chi connectivity index (χ0n) is 13.4. The van der Waals surface area contributed by atoms with E-state index in [9.17, 15) is 9.18 Å². The van der Waals surface area contributed by atoms with Crippen molar-refractivity contribution in [1.82, 2.24) is 14.8 Å². The molecule has 0 aliphatic rings. The van der Waals surface area contributed by atoms with Crippen LogP contribution in [0.3, 0.4) is 0 Å². The van der Waals surface area contributed by atoms with Crippen LogP contribution in [0.25, 0.3) is 11.6 Å². The van der Waals surface area contributed by atoms with Gasteiger partial charge in [0, 0.05) is 12.7 Å². The Morgan fingerprint density at radius 3 is 2.88 bits per heavy atom. The standard InChI is InChI=1S/C16H14ClFN4O2S/c1-9(15(23)19-10-5-6-12(18)11(17)8-10)25-16-21-20-14(22(16)2)13-4-3-7-24-13/h3-9H,1-2H3,(H,19,23). The molecule has 1 aromatic carbocycles. The molecule has 3 rings (SSSR count). The third kappa shape index (κ3) is 3.85. The van der Waals surface area contributed by atoms with Crippen LogP contribution in [0.4, 0.5) is 10.1 Å². The number of aromatic nitrogens is 3. The molecule has 0 saturated carbocycles. The van der Waals surface area contributed by atoms with Crippen molar-refractivity contribution in [2.45, 2.75) is 17.3 Å². The van der Waals surface area contributed by atoms with Crippen LogP contribution in [0.2, 0.25) is 5.02 Å². The molecule has 6 nitrogen and oxygen atoms in total. The van der Waals surface area contributed by atoms with Crippen LogP contribution in [0.15, 0.2) is 46.2 Å². The predicted octanol–water partition coefficient (Wildman–Crippen LogP) is 3.99. The summed E-state index contributed by atoms with van der Waals surface area (Å²) in [6.45, 7) is 1.74. The third-order valence-corrected chi connectivity index (χ3v) is 4.84. The van der Waals surface area contributed by atoms with E-state index in [0.29, 0.717) is 22.4 Å². The molecule has 0 saturated heterocycles. The van der Waals surface area contributed by atoms with Gasteiger partial charge < -0.3 is 14.3 Å². The van der Waals surface area contributed by atoms with Gasteiger partial charge in [0.25, 0.3) is 0 Å². The summed E-state index contributed by atoms with van der Waals surface area (Å²) in [7, 11) is 1.80. The van der Waals surface area contributed by atoms with E-state index in [1.165, 1.54) is 30.0 Å². The number of carbonyl (C=O) groups is 1. The van der Waals surface area contributed by atoms with Gasteiger partial charge in [-0.3, -0.25) is 4.79 Å². The van der Waals surface area contributed by atoms with Crippen molar-refractivity contribution in [3.05, 3.63) is 47.4 Å². The summed E-state index contributed by atoms with van der Waals surface area (Å²) in [5, 5.41) is 11.0. The number of anilines is 1. The zero-order valence-corrected chi connectivity index (χ0v) is 14.9. The van der Waals surface area contributed by atoms with E-state index in [-0.39, 0.29) is 10.9 Å². The fraction of sp³-hybridized carbons (Fsp3) is 0.188. The molecule has 3 aromatic rings. The number of hydrogen-bond acceptors (Lipinski definition) is 5. The molecular weight excluding hydrogens is 367 g/mol. The minimum Gasteiger partial charge on any atom is -0.461 e. The minimum absolute atomic E-state index is 0.0468. The summed E-state index contributed by atoms with van der Waals surface area (Å²) < 4.78 is 20.2. The van der Waals surface area contributed by atoms with Crippen LogP contribution >= 0.6 is 23.4 Å². The fourth-order valence-corrected chi connectivity index (χ4v) is 3.06. The lowest BCUT2D eigenvalue weighted by molar-refractivity contribution is -0.115. The normalized spacial score (nSPS) is 12.2. The van der Waals surface area contributed by atoms with Crippen molar-refractivity contribution < 1.29 is 13.6 Å². The molecule has 1 amide bonds. The van der Waals surface area contributed by atoms with E-state index in [0.717, 1.165) is 0 Å². The second-order valence-corrected chi connectivity index (χ2v) is 6.94. The fourth-order valence-electron chi connectivity index (χ4n) is 2.07. The van der Waals surface area contributed by atoms with Crippen LogP contribution < -0.4 is 5.32 Å². The molecule has 1 atom stereocenters. The first-order valence-corrected chi connectivity index (χ1v) is 8.57. The molecule has 2 heterocycles. The minimum atomic E-state index is -0.536. The maximum absolute atomic E-state index is 13.2. The van der Waals surface area contributed by atoms with Crippen molar-refractivity contribution in [2.75, 3.05) is 5.32 Å². The first kappa shape index (κ1) is 17.5. The topological polar surface area (TPSA) is 73.0 Å². The van der Waals surface area contributed by atoms with Gasteiger partial charge in [-0.15, -0.1) is 10.2 Å². The second kappa shape index (κ2) is 7.28. The summed E-state index contributed by atoms with van der Waals surface area (Å²) in [5.41, 5.74) is 0.429. The Morgan fingerprint density at radius 2 is 2.20 bits per heavy atom. The number of benzene rings is 1. The van der Waals surface area contributed by atoms with Crippen molar-refractivity contribution >= 4 is 35.0 Å². The smallest absolute Gasteiger partial charge is 0.237 e. The molecule has 1 N–H and O–H groups in total. The molecule has 9 heteroatoms. The van der Waals surface area contributed by atoms with Crippen LogP contribution in [0.5, 0.6) is 0 Å². The summed E-state index contributed by atoms with van der Waals surface area (Å²) in [5.74, 6) is 0.382. The third-order valence-electron chi connectivity index (χ3n) is 3.42. The Hall–Kier alpha value is -2.32. The van der Waals surface area contributed by atoms with Crippen molar-refractivity contribution in [1.29, 1.82) is 0 Å². The van der Waals surface area contributed by atoms with Crippen LogP contribution in [0.1, 0.15) is 6.92 Å². The maximum Gasteiger partial charge on any atom is 0.237 e. The lowest BCUT2D eigenvalue weighted by Gasteiger charge is -2.12. The highest BCUT2D eigenvalue weighted by molar-refractivity contribution is 8.00. The molecule has 25 heavy (non-hydrogen) atoms. The van der Waals surface area contributed by atoms with Gasteiger partial charge in [0.2, 0.25) is 5.91 Å². The van der Waals surface area contributed by atoms with Gasteiger partial charge in [-0.25, -0.2) is 4.39 Å². The molecule has 0 aliphatic carbocycles. The van der Waals surface area contributed by atoms with Crippen LogP contribution in [-0.4, -0.2) is 25.9 Å². The first-order valence-electron chi connectivity index (χ1n) is 7.31. The molecule has 130 valence electrons. The maximum atomic E-state index is 13.2. The summed E-state index contributed by atoms with van der Waals surface area (Å²) in [6, 6.07) is 7.57. The Kier molecular flexibility index (Phi) is 5.10. The van der Waals surface area contributed by atoms with Crippen LogP contribution in [-0.2, 0) is 11.8 Å². The Morgan fingerprint density at radius 1 is 1.40 bits per heavy atom. The number of hydrogen-bond donors (Lipinski definition) is 1. The van der Waals surface area contributed by atoms with Crippen molar-refractivity contribution in [3.8, 4) is 11.6 Å². The molecule has 1 unspecified atom stereocenters. The number of halogens is 2. The quantitative estimate of drug-likeness (QED) is 0.677. The highest BCUT2D eigenvalue weighted by Crippen LogP contribution is 2.27. The number of rotatable bonds is 5. The number of furan rings is 1. The summed E-state index contributed by atoms with van der Waals surface area (Å²) in [4.78, 5) is 12.3. The molecule has 0 aliphatic heterocycles. The largest absolute Gasteiger partial charge is 0.461 e. The lowest BCUT2D eigenvalue weighted by atomic mass is 10.3. The van der Waals surface area contributed by atoms with E-state index >= 15 is 0 Å². The monoisotopic (exact) mass is 380 g/mol. The number of amides is 1. The SMILES string of the molecule is CC(Sc1nnc(-c2ccco2)n1C)C(=O)Nc1ccc(F)c(Cl)c1. The Balaban J connectivity index is 1.68. The van der Waals surface area contributed by atoms with Gasteiger partial charge in [0.1, 0.15) is 5.82 Å². The van der Waals surface area contributed by atoms with E-state index in [4.69, 9.17) is 16.0 Å². The zero-order chi connectivity index (χ0) is 18.0. The predicted molar refractivity (Wildman–Crippen MR) is 94.1 cm³/mol.